The van der Waals surface area contributed by atoms with E-state index in [0.29, 0.717) is 24.8 Å². The van der Waals surface area contributed by atoms with Gasteiger partial charge in [0, 0.05) is 11.8 Å². The van der Waals surface area contributed by atoms with Crippen LogP contribution in [-0.2, 0) is 9.59 Å². The van der Waals surface area contributed by atoms with Crippen molar-refractivity contribution in [2.45, 2.75) is 52.1 Å². The van der Waals surface area contributed by atoms with E-state index in [2.05, 4.69) is 13.8 Å². The van der Waals surface area contributed by atoms with Crippen LogP contribution in [0.2, 0.25) is 0 Å². The number of Topliss-reactive ketones (excluding diaryl/α,β-unsaturated/α-hetero) is 1. The molecular formula is C14H20O3. The van der Waals surface area contributed by atoms with E-state index in [1.807, 2.05) is 6.08 Å². The Morgan fingerprint density at radius 2 is 2.00 bits per heavy atom. The summed E-state index contributed by atoms with van der Waals surface area (Å²) in [5.74, 6) is -0.0858. The second kappa shape index (κ2) is 3.52. The summed E-state index contributed by atoms with van der Waals surface area (Å²) in [6.07, 6.45) is 5.07. The highest BCUT2D eigenvalue weighted by Crippen LogP contribution is 2.61. The third-order valence-electron chi connectivity index (χ3n) is 5.12. The fourth-order valence-electron chi connectivity index (χ4n) is 3.61. The molecule has 0 aromatic carbocycles. The SMILES string of the molecule is CC1(C)CCC(=O)[C@@](C)(O)[C@]12CC=C(C=O)C2. The molecule has 1 N–H and O–H groups in total. The van der Waals surface area contributed by atoms with E-state index in [0.717, 1.165) is 12.7 Å². The van der Waals surface area contributed by atoms with Crippen molar-refractivity contribution in [3.8, 4) is 0 Å². The van der Waals surface area contributed by atoms with E-state index in [4.69, 9.17) is 0 Å². The third-order valence-corrected chi connectivity index (χ3v) is 5.12. The average Bonchev–Trinajstić information content (AvgIpc) is 2.70. The molecule has 0 unspecified atom stereocenters. The van der Waals surface area contributed by atoms with Crippen molar-refractivity contribution in [2.24, 2.45) is 10.8 Å². The van der Waals surface area contributed by atoms with Gasteiger partial charge in [0.15, 0.2) is 5.78 Å². The lowest BCUT2D eigenvalue weighted by molar-refractivity contribution is -0.179. The normalized spacial score (nSPS) is 40.5. The van der Waals surface area contributed by atoms with Crippen molar-refractivity contribution >= 4 is 12.1 Å². The lowest BCUT2D eigenvalue weighted by Gasteiger charge is -2.56. The lowest BCUT2D eigenvalue weighted by atomic mass is 9.49. The van der Waals surface area contributed by atoms with Crippen LogP contribution in [0, 0.1) is 10.8 Å². The van der Waals surface area contributed by atoms with Crippen LogP contribution in [0.5, 0.6) is 0 Å². The van der Waals surface area contributed by atoms with Crippen molar-refractivity contribution in [3.63, 3.8) is 0 Å². The molecule has 0 aromatic rings. The number of hydrogen-bond acceptors (Lipinski definition) is 3. The molecule has 17 heavy (non-hydrogen) atoms. The number of carbonyl (C=O) groups excluding carboxylic acids is 2. The Morgan fingerprint density at radius 3 is 2.53 bits per heavy atom. The highest BCUT2D eigenvalue weighted by Gasteiger charge is 2.62. The molecule has 0 amide bonds. The minimum atomic E-state index is -1.32. The van der Waals surface area contributed by atoms with Gasteiger partial charge in [-0.2, -0.15) is 0 Å². The van der Waals surface area contributed by atoms with Crippen LogP contribution >= 0.6 is 0 Å². The number of aliphatic hydroxyl groups is 1. The Hall–Kier alpha value is -0.960. The monoisotopic (exact) mass is 236 g/mol. The first-order valence-corrected chi connectivity index (χ1v) is 6.17. The summed E-state index contributed by atoms with van der Waals surface area (Å²) in [5, 5.41) is 10.6. The van der Waals surface area contributed by atoms with Crippen LogP contribution in [0.15, 0.2) is 11.6 Å². The number of allylic oxidation sites excluding steroid dienone is 2. The number of carbonyl (C=O) groups is 2. The molecule has 0 saturated heterocycles. The molecule has 2 rings (SSSR count). The van der Waals surface area contributed by atoms with E-state index >= 15 is 0 Å². The van der Waals surface area contributed by atoms with Gasteiger partial charge in [-0.05, 0) is 37.2 Å². The molecule has 2 aliphatic rings. The van der Waals surface area contributed by atoms with Gasteiger partial charge in [0.05, 0.1) is 0 Å². The van der Waals surface area contributed by atoms with Gasteiger partial charge in [-0.1, -0.05) is 19.9 Å². The van der Waals surface area contributed by atoms with Crippen LogP contribution in [0.25, 0.3) is 0 Å². The second-order valence-corrected chi connectivity index (χ2v) is 6.24. The van der Waals surface area contributed by atoms with Gasteiger partial charge in [-0.25, -0.2) is 0 Å². The lowest BCUT2D eigenvalue weighted by Crippen LogP contribution is -2.61. The fraction of sp³-hybridized carbons (Fsp3) is 0.714. The van der Waals surface area contributed by atoms with Crippen LogP contribution in [0.4, 0.5) is 0 Å². The molecular weight excluding hydrogens is 216 g/mol. The highest BCUT2D eigenvalue weighted by molar-refractivity contribution is 5.89. The molecule has 0 bridgehead atoms. The third kappa shape index (κ3) is 1.45. The molecule has 3 nitrogen and oxygen atoms in total. The van der Waals surface area contributed by atoms with Gasteiger partial charge < -0.3 is 5.11 Å². The minimum Gasteiger partial charge on any atom is -0.382 e. The summed E-state index contributed by atoms with van der Waals surface area (Å²) < 4.78 is 0. The summed E-state index contributed by atoms with van der Waals surface area (Å²) in [5.41, 5.74) is -1.25. The largest absolute Gasteiger partial charge is 0.382 e. The summed E-state index contributed by atoms with van der Waals surface area (Å²) >= 11 is 0. The Balaban J connectivity index is 2.47. The van der Waals surface area contributed by atoms with E-state index in [1.54, 1.807) is 6.92 Å². The predicted octanol–water partition coefficient (Wildman–Crippen LogP) is 2.03. The smallest absolute Gasteiger partial charge is 0.164 e. The van der Waals surface area contributed by atoms with Crippen molar-refractivity contribution in [2.75, 3.05) is 0 Å². The quantitative estimate of drug-likeness (QED) is 0.709. The molecule has 3 heteroatoms. The van der Waals surface area contributed by atoms with Crippen molar-refractivity contribution in [1.82, 2.24) is 0 Å². The van der Waals surface area contributed by atoms with Gasteiger partial charge in [-0.15, -0.1) is 0 Å². The molecule has 0 aromatic heterocycles. The molecule has 0 heterocycles. The van der Waals surface area contributed by atoms with Crippen molar-refractivity contribution < 1.29 is 14.7 Å². The Kier molecular flexibility index (Phi) is 2.58. The predicted molar refractivity (Wildman–Crippen MR) is 64.5 cm³/mol. The molecule has 94 valence electrons. The van der Waals surface area contributed by atoms with E-state index in [-0.39, 0.29) is 11.2 Å². The molecule has 2 aliphatic carbocycles. The Bertz CT molecular complexity index is 404. The molecule has 0 aliphatic heterocycles. The van der Waals surface area contributed by atoms with Gasteiger partial charge in [0.1, 0.15) is 11.9 Å². The van der Waals surface area contributed by atoms with Crippen molar-refractivity contribution in [1.29, 1.82) is 0 Å². The zero-order chi connectivity index (χ0) is 12.9. The first-order chi connectivity index (χ1) is 7.77. The van der Waals surface area contributed by atoms with Crippen LogP contribution in [0.1, 0.15) is 46.5 Å². The first kappa shape index (κ1) is 12.5. The van der Waals surface area contributed by atoms with E-state index in [9.17, 15) is 14.7 Å². The van der Waals surface area contributed by atoms with Crippen molar-refractivity contribution in [3.05, 3.63) is 11.6 Å². The summed E-state index contributed by atoms with van der Waals surface area (Å²) in [4.78, 5) is 22.9. The molecule has 1 fully saturated rings. The summed E-state index contributed by atoms with van der Waals surface area (Å²) in [7, 11) is 0. The molecule has 0 radical (unpaired) electrons. The standard InChI is InChI=1S/C14H20O3/c1-12(2)6-5-11(16)13(3,17)14(12)7-4-10(8-14)9-15/h4,9,17H,5-8H2,1-3H3/t13-,14+/m1/s1. The Labute approximate surface area is 102 Å². The number of rotatable bonds is 1. The maximum Gasteiger partial charge on any atom is 0.164 e. The van der Waals surface area contributed by atoms with Crippen LogP contribution in [-0.4, -0.2) is 22.8 Å². The van der Waals surface area contributed by atoms with Gasteiger partial charge in [0.25, 0.3) is 0 Å². The molecule has 1 saturated carbocycles. The minimum absolute atomic E-state index is 0.0858. The van der Waals surface area contributed by atoms with E-state index in [1.165, 1.54) is 0 Å². The first-order valence-electron chi connectivity index (χ1n) is 6.17. The van der Waals surface area contributed by atoms with Crippen LogP contribution in [0.3, 0.4) is 0 Å². The number of ketones is 1. The van der Waals surface area contributed by atoms with Gasteiger partial charge >= 0.3 is 0 Å². The number of hydrogen-bond donors (Lipinski definition) is 1. The van der Waals surface area contributed by atoms with Crippen LogP contribution < -0.4 is 0 Å². The Morgan fingerprint density at radius 1 is 1.35 bits per heavy atom. The average molecular weight is 236 g/mol. The maximum atomic E-state index is 12.0. The van der Waals surface area contributed by atoms with Gasteiger partial charge in [0.2, 0.25) is 0 Å². The molecule has 1 spiro atoms. The summed E-state index contributed by atoms with van der Waals surface area (Å²) in [6, 6.07) is 0. The topological polar surface area (TPSA) is 54.4 Å². The second-order valence-electron chi connectivity index (χ2n) is 6.24. The zero-order valence-electron chi connectivity index (χ0n) is 10.7. The maximum absolute atomic E-state index is 12.0. The number of aldehydes is 1. The summed E-state index contributed by atoms with van der Waals surface area (Å²) in [6.45, 7) is 5.81. The van der Waals surface area contributed by atoms with E-state index < -0.39 is 11.0 Å². The van der Waals surface area contributed by atoms with Gasteiger partial charge in [-0.3, -0.25) is 9.59 Å². The highest BCUT2D eigenvalue weighted by atomic mass is 16.3. The zero-order valence-corrected chi connectivity index (χ0v) is 10.7. The molecule has 2 atom stereocenters. The fourth-order valence-corrected chi connectivity index (χ4v) is 3.61.